The van der Waals surface area contributed by atoms with Gasteiger partial charge in [-0.2, -0.15) is 0 Å². The number of azide groups is 1. The van der Waals surface area contributed by atoms with E-state index in [9.17, 15) is 0 Å². The fourth-order valence-electron chi connectivity index (χ4n) is 0.967. The molecule has 0 aromatic heterocycles. The number of halogens is 3. The molecule has 1 aromatic carbocycles. The van der Waals surface area contributed by atoms with Crippen molar-refractivity contribution in [1.82, 2.24) is 0 Å². The average Bonchev–Trinajstić information content (AvgIpc) is 2.15. The zero-order valence-electron chi connectivity index (χ0n) is 7.49. The van der Waals surface area contributed by atoms with Crippen molar-refractivity contribution in [2.24, 2.45) is 5.11 Å². The molecule has 1 aromatic rings. The van der Waals surface area contributed by atoms with Gasteiger partial charge in [-0.05, 0) is 17.7 Å². The van der Waals surface area contributed by atoms with E-state index in [1.165, 1.54) is 0 Å². The number of benzene rings is 1. The van der Waals surface area contributed by atoms with E-state index >= 15 is 0 Å². The Bertz CT molecular complexity index is 413. The van der Waals surface area contributed by atoms with E-state index in [4.69, 9.17) is 40.3 Å². The molecule has 1 rings (SSSR count). The largest absolute Gasteiger partial charge is 0.0899 e. The number of rotatable bonds is 3. The molecule has 0 heterocycles. The lowest BCUT2D eigenvalue weighted by Crippen LogP contribution is -1.79. The van der Waals surface area contributed by atoms with Crippen LogP contribution in [0.3, 0.4) is 0 Å². The number of nitrogens with zero attached hydrogens (tertiary/aromatic N) is 3. The molecular weight excluding hydrogens is 256 g/mol. The van der Waals surface area contributed by atoms with Crippen LogP contribution in [0.25, 0.3) is 16.5 Å². The quantitative estimate of drug-likeness (QED) is 0.419. The third-order valence-corrected chi connectivity index (χ3v) is 2.42. The van der Waals surface area contributed by atoms with E-state index in [1.54, 1.807) is 24.3 Å². The molecule has 0 unspecified atom stereocenters. The summed E-state index contributed by atoms with van der Waals surface area (Å²) in [4.78, 5) is 2.61. The molecule has 0 amide bonds. The fourth-order valence-corrected chi connectivity index (χ4v) is 1.91. The SMILES string of the molecule is [N-]=[N+]=NCC=Cc1c(Cl)cc(Cl)cc1Cl. The molecular formula is C9H6Cl3N3. The predicted molar refractivity (Wildman–Crippen MR) is 64.5 cm³/mol. The lowest BCUT2D eigenvalue weighted by Gasteiger charge is -2.02. The first kappa shape index (κ1) is 12.2. The normalized spacial score (nSPS) is 10.3. The standard InChI is InChI=1S/C9H6Cl3N3/c10-6-4-8(11)7(9(12)5-6)2-1-3-14-15-13/h1-2,4-5H,3H2. The van der Waals surface area contributed by atoms with E-state index < -0.39 is 0 Å². The van der Waals surface area contributed by atoms with Crippen LogP contribution >= 0.6 is 34.8 Å². The van der Waals surface area contributed by atoms with Gasteiger partial charge in [0.05, 0.1) is 10.0 Å². The summed E-state index contributed by atoms with van der Waals surface area (Å²) in [5.74, 6) is 0. The smallest absolute Gasteiger partial charge is 0.0508 e. The van der Waals surface area contributed by atoms with Gasteiger partial charge in [0.2, 0.25) is 0 Å². The Kier molecular flexibility index (Phi) is 4.79. The second kappa shape index (κ2) is 5.89. The van der Waals surface area contributed by atoms with Crippen LogP contribution in [-0.4, -0.2) is 6.54 Å². The summed E-state index contributed by atoms with van der Waals surface area (Å²) in [5, 5.41) is 4.75. The van der Waals surface area contributed by atoms with Crippen LogP contribution in [0.4, 0.5) is 0 Å². The van der Waals surface area contributed by atoms with Crippen molar-refractivity contribution in [3.05, 3.63) is 49.3 Å². The maximum absolute atomic E-state index is 8.06. The van der Waals surface area contributed by atoms with Gasteiger partial charge in [0, 0.05) is 22.0 Å². The van der Waals surface area contributed by atoms with Crippen molar-refractivity contribution in [2.45, 2.75) is 0 Å². The highest BCUT2D eigenvalue weighted by molar-refractivity contribution is 6.40. The summed E-state index contributed by atoms with van der Waals surface area (Å²) in [6.07, 6.45) is 3.36. The van der Waals surface area contributed by atoms with Gasteiger partial charge in [0.1, 0.15) is 0 Å². The third-order valence-electron chi connectivity index (χ3n) is 1.58. The predicted octanol–water partition coefficient (Wildman–Crippen LogP) is 4.97. The number of hydrogen-bond donors (Lipinski definition) is 0. The van der Waals surface area contributed by atoms with Gasteiger partial charge in [-0.3, -0.25) is 0 Å². The Morgan fingerprint density at radius 2 is 1.87 bits per heavy atom. The molecule has 0 bridgehead atoms. The maximum Gasteiger partial charge on any atom is 0.0508 e. The van der Waals surface area contributed by atoms with Gasteiger partial charge in [-0.15, -0.1) is 0 Å². The molecule has 3 nitrogen and oxygen atoms in total. The minimum absolute atomic E-state index is 0.256. The van der Waals surface area contributed by atoms with Crippen molar-refractivity contribution in [3.8, 4) is 0 Å². The van der Waals surface area contributed by atoms with Crippen molar-refractivity contribution < 1.29 is 0 Å². The zero-order chi connectivity index (χ0) is 11.3. The van der Waals surface area contributed by atoms with Crippen LogP contribution in [0.5, 0.6) is 0 Å². The molecule has 0 saturated heterocycles. The van der Waals surface area contributed by atoms with Crippen molar-refractivity contribution >= 4 is 40.9 Å². The fraction of sp³-hybridized carbons (Fsp3) is 0.111. The van der Waals surface area contributed by atoms with Crippen LogP contribution in [0.1, 0.15) is 5.56 Å². The molecule has 0 spiro atoms. The van der Waals surface area contributed by atoms with E-state index in [-0.39, 0.29) is 6.54 Å². The molecule has 0 atom stereocenters. The van der Waals surface area contributed by atoms with Gasteiger partial charge in [0.15, 0.2) is 0 Å². The summed E-state index contributed by atoms with van der Waals surface area (Å²) < 4.78 is 0. The first-order valence-electron chi connectivity index (χ1n) is 3.97. The van der Waals surface area contributed by atoms with Crippen molar-refractivity contribution in [1.29, 1.82) is 0 Å². The second-order valence-corrected chi connectivity index (χ2v) is 3.85. The molecule has 15 heavy (non-hydrogen) atoms. The molecule has 78 valence electrons. The second-order valence-electron chi connectivity index (χ2n) is 2.60. The summed E-state index contributed by atoms with van der Waals surface area (Å²) in [7, 11) is 0. The van der Waals surface area contributed by atoms with Gasteiger partial charge < -0.3 is 0 Å². The summed E-state index contributed by atoms with van der Waals surface area (Å²) in [5.41, 5.74) is 8.73. The summed E-state index contributed by atoms with van der Waals surface area (Å²) in [6.45, 7) is 0.256. The molecule has 6 heteroatoms. The Balaban J connectivity index is 2.94. The maximum atomic E-state index is 8.06. The molecule has 0 radical (unpaired) electrons. The lowest BCUT2D eigenvalue weighted by molar-refractivity contribution is 1.22. The van der Waals surface area contributed by atoms with Crippen LogP contribution in [0.2, 0.25) is 15.1 Å². The minimum Gasteiger partial charge on any atom is -0.0899 e. The van der Waals surface area contributed by atoms with Crippen LogP contribution in [-0.2, 0) is 0 Å². The Hall–Kier alpha value is -0.860. The number of hydrogen-bond acceptors (Lipinski definition) is 1. The van der Waals surface area contributed by atoms with Gasteiger partial charge >= 0.3 is 0 Å². The average molecular weight is 263 g/mol. The van der Waals surface area contributed by atoms with Crippen molar-refractivity contribution in [2.75, 3.05) is 6.54 Å². The van der Waals surface area contributed by atoms with Crippen LogP contribution in [0, 0.1) is 0 Å². The highest BCUT2D eigenvalue weighted by Crippen LogP contribution is 2.29. The molecule has 0 saturated carbocycles. The third kappa shape index (κ3) is 3.65. The molecule has 0 aliphatic rings. The Morgan fingerprint density at radius 1 is 1.27 bits per heavy atom. The topological polar surface area (TPSA) is 48.8 Å². The first-order valence-corrected chi connectivity index (χ1v) is 5.10. The van der Waals surface area contributed by atoms with E-state index in [0.717, 1.165) is 0 Å². The first-order chi connectivity index (χ1) is 7.15. The Morgan fingerprint density at radius 3 is 2.40 bits per heavy atom. The Labute approximate surface area is 102 Å². The molecule has 0 fully saturated rings. The highest BCUT2D eigenvalue weighted by Gasteiger charge is 2.03. The monoisotopic (exact) mass is 261 g/mol. The van der Waals surface area contributed by atoms with Gasteiger partial charge in [-0.1, -0.05) is 52.1 Å². The summed E-state index contributed by atoms with van der Waals surface area (Å²) >= 11 is 17.6. The van der Waals surface area contributed by atoms with Gasteiger partial charge in [0.25, 0.3) is 0 Å². The van der Waals surface area contributed by atoms with Crippen LogP contribution < -0.4 is 0 Å². The van der Waals surface area contributed by atoms with E-state index in [2.05, 4.69) is 10.0 Å². The highest BCUT2D eigenvalue weighted by atomic mass is 35.5. The van der Waals surface area contributed by atoms with E-state index in [1.807, 2.05) is 0 Å². The minimum atomic E-state index is 0.256. The molecule has 0 aliphatic heterocycles. The molecule has 0 aliphatic carbocycles. The lowest BCUT2D eigenvalue weighted by atomic mass is 10.2. The molecule has 0 N–H and O–H groups in total. The summed E-state index contributed by atoms with van der Waals surface area (Å²) in [6, 6.07) is 3.20. The van der Waals surface area contributed by atoms with Crippen LogP contribution in [0.15, 0.2) is 23.3 Å². The zero-order valence-corrected chi connectivity index (χ0v) is 9.76. The van der Waals surface area contributed by atoms with Gasteiger partial charge in [-0.25, -0.2) is 0 Å². The van der Waals surface area contributed by atoms with E-state index in [0.29, 0.717) is 20.6 Å². The van der Waals surface area contributed by atoms with Crippen molar-refractivity contribution in [3.63, 3.8) is 0 Å².